The molecule has 98 valence electrons. The maximum atomic E-state index is 13.3. The summed E-state index contributed by atoms with van der Waals surface area (Å²) >= 11 is 3.20. The molecule has 1 aromatic rings. The van der Waals surface area contributed by atoms with E-state index in [4.69, 9.17) is 5.73 Å². The summed E-state index contributed by atoms with van der Waals surface area (Å²) in [7, 11) is 0. The van der Waals surface area contributed by atoms with Crippen molar-refractivity contribution < 1.29 is 9.18 Å². The lowest BCUT2D eigenvalue weighted by atomic mass is 10.0. The van der Waals surface area contributed by atoms with E-state index in [1.54, 1.807) is 11.0 Å². The highest BCUT2D eigenvalue weighted by Gasteiger charge is 2.26. The van der Waals surface area contributed by atoms with Gasteiger partial charge in [-0.3, -0.25) is 4.79 Å². The van der Waals surface area contributed by atoms with Crippen molar-refractivity contribution in [1.29, 1.82) is 0 Å². The predicted octanol–water partition coefficient (Wildman–Crippen LogP) is 2.54. The Morgan fingerprint density at radius 1 is 1.44 bits per heavy atom. The molecule has 1 amide bonds. The minimum atomic E-state index is -0.408. The van der Waals surface area contributed by atoms with Gasteiger partial charge >= 0.3 is 0 Å². The van der Waals surface area contributed by atoms with Gasteiger partial charge in [-0.15, -0.1) is 0 Å². The van der Waals surface area contributed by atoms with Crippen LogP contribution in [0.3, 0.4) is 0 Å². The molecule has 1 aliphatic heterocycles. The zero-order valence-electron chi connectivity index (χ0n) is 10.0. The van der Waals surface area contributed by atoms with E-state index in [1.807, 2.05) is 0 Å². The molecule has 0 radical (unpaired) electrons. The van der Waals surface area contributed by atoms with E-state index in [0.29, 0.717) is 23.1 Å². The van der Waals surface area contributed by atoms with Gasteiger partial charge in [0.25, 0.3) is 5.91 Å². The highest BCUT2D eigenvalue weighted by molar-refractivity contribution is 9.10. The van der Waals surface area contributed by atoms with E-state index in [9.17, 15) is 9.18 Å². The monoisotopic (exact) mass is 314 g/mol. The van der Waals surface area contributed by atoms with Crippen molar-refractivity contribution in [2.24, 2.45) is 5.73 Å². The lowest BCUT2D eigenvalue weighted by molar-refractivity contribution is 0.0623. The molecule has 1 unspecified atom stereocenters. The molecule has 1 fully saturated rings. The second kappa shape index (κ2) is 5.80. The molecule has 18 heavy (non-hydrogen) atoms. The Labute approximate surface area is 114 Å². The van der Waals surface area contributed by atoms with Crippen LogP contribution in [0.1, 0.15) is 29.6 Å². The summed E-state index contributed by atoms with van der Waals surface area (Å²) in [5.74, 6) is -0.542. The number of rotatable bonds is 2. The van der Waals surface area contributed by atoms with E-state index in [1.165, 1.54) is 12.1 Å². The van der Waals surface area contributed by atoms with Crippen LogP contribution in [0, 0.1) is 5.82 Å². The minimum absolute atomic E-state index is 0.0771. The first-order valence-corrected chi connectivity index (χ1v) is 6.88. The molecule has 1 aliphatic rings. The summed E-state index contributed by atoms with van der Waals surface area (Å²) in [6.07, 6.45) is 3.01. The molecular weight excluding hydrogens is 299 g/mol. The average molecular weight is 315 g/mol. The fourth-order valence-corrected chi connectivity index (χ4v) is 2.82. The third-order valence-corrected chi connectivity index (χ3v) is 3.73. The number of carbonyl (C=O) groups excluding carboxylic acids is 1. The van der Waals surface area contributed by atoms with Gasteiger partial charge in [0.05, 0.1) is 0 Å². The Bertz CT molecular complexity index is 432. The van der Waals surface area contributed by atoms with Crippen LogP contribution in [-0.2, 0) is 0 Å². The van der Waals surface area contributed by atoms with E-state index in [0.717, 1.165) is 19.3 Å². The number of halogens is 2. The molecule has 0 bridgehead atoms. The Hall–Kier alpha value is -0.940. The van der Waals surface area contributed by atoms with Gasteiger partial charge in [0.1, 0.15) is 5.82 Å². The number of hydrogen-bond donors (Lipinski definition) is 1. The van der Waals surface area contributed by atoms with Crippen LogP contribution >= 0.6 is 15.9 Å². The number of piperidine rings is 1. The molecule has 5 heteroatoms. The molecule has 0 saturated carbocycles. The molecular formula is C13H16BrFN2O. The van der Waals surface area contributed by atoms with Gasteiger partial charge in [-0.05, 0) is 37.5 Å². The summed E-state index contributed by atoms with van der Waals surface area (Å²) in [4.78, 5) is 14.1. The fraction of sp³-hybridized carbons (Fsp3) is 0.462. The van der Waals surface area contributed by atoms with Crippen LogP contribution in [0.2, 0.25) is 0 Å². The largest absolute Gasteiger partial charge is 0.334 e. The highest BCUT2D eigenvalue weighted by Crippen LogP contribution is 2.21. The lowest BCUT2D eigenvalue weighted by Crippen LogP contribution is -2.47. The molecule has 1 saturated heterocycles. The Balaban J connectivity index is 2.23. The van der Waals surface area contributed by atoms with Crippen molar-refractivity contribution >= 4 is 21.8 Å². The van der Waals surface area contributed by atoms with E-state index in [2.05, 4.69) is 15.9 Å². The summed E-state index contributed by atoms with van der Waals surface area (Å²) in [5.41, 5.74) is 6.07. The average Bonchev–Trinajstić information content (AvgIpc) is 2.36. The van der Waals surface area contributed by atoms with Gasteiger partial charge in [0.15, 0.2) is 0 Å². The highest BCUT2D eigenvalue weighted by atomic mass is 79.9. The summed E-state index contributed by atoms with van der Waals surface area (Å²) in [5, 5.41) is 0. The van der Waals surface area contributed by atoms with Gasteiger partial charge in [-0.25, -0.2) is 4.39 Å². The van der Waals surface area contributed by atoms with Crippen molar-refractivity contribution in [1.82, 2.24) is 4.90 Å². The van der Waals surface area contributed by atoms with Gasteiger partial charge in [0, 0.05) is 29.2 Å². The number of hydrogen-bond acceptors (Lipinski definition) is 2. The number of benzene rings is 1. The molecule has 0 spiro atoms. The van der Waals surface area contributed by atoms with Crippen LogP contribution < -0.4 is 5.73 Å². The smallest absolute Gasteiger partial charge is 0.254 e. The van der Waals surface area contributed by atoms with Crippen LogP contribution in [0.4, 0.5) is 4.39 Å². The maximum Gasteiger partial charge on any atom is 0.254 e. The maximum absolute atomic E-state index is 13.3. The molecule has 0 aromatic heterocycles. The zero-order valence-corrected chi connectivity index (χ0v) is 11.6. The van der Waals surface area contributed by atoms with E-state index >= 15 is 0 Å². The van der Waals surface area contributed by atoms with Gasteiger partial charge in [-0.1, -0.05) is 15.9 Å². The Morgan fingerprint density at radius 2 is 2.22 bits per heavy atom. The van der Waals surface area contributed by atoms with Crippen molar-refractivity contribution in [3.8, 4) is 0 Å². The number of amides is 1. The first-order valence-electron chi connectivity index (χ1n) is 6.09. The number of carbonyl (C=O) groups is 1. The lowest BCUT2D eigenvalue weighted by Gasteiger charge is -2.35. The minimum Gasteiger partial charge on any atom is -0.334 e. The number of nitrogens with zero attached hydrogens (tertiary/aromatic N) is 1. The quantitative estimate of drug-likeness (QED) is 0.912. The zero-order chi connectivity index (χ0) is 13.1. The molecule has 2 N–H and O–H groups in total. The summed E-state index contributed by atoms with van der Waals surface area (Å²) in [6.45, 7) is 1.16. The third kappa shape index (κ3) is 2.90. The van der Waals surface area contributed by atoms with Gasteiger partial charge in [-0.2, -0.15) is 0 Å². The number of nitrogens with two attached hydrogens (primary N) is 1. The summed E-state index contributed by atoms with van der Waals surface area (Å²) < 4.78 is 13.9. The fourth-order valence-electron chi connectivity index (χ4n) is 2.36. The van der Waals surface area contributed by atoms with Crippen molar-refractivity contribution in [2.75, 3.05) is 13.1 Å². The summed E-state index contributed by atoms with van der Waals surface area (Å²) in [6, 6.07) is 4.34. The molecule has 2 rings (SSSR count). The van der Waals surface area contributed by atoms with E-state index < -0.39 is 5.82 Å². The van der Waals surface area contributed by atoms with Gasteiger partial charge in [0.2, 0.25) is 0 Å². The first kappa shape index (κ1) is 13.5. The second-order valence-corrected chi connectivity index (χ2v) is 5.46. The second-order valence-electron chi connectivity index (χ2n) is 4.54. The Morgan fingerprint density at radius 3 is 2.89 bits per heavy atom. The van der Waals surface area contributed by atoms with Crippen LogP contribution in [0.15, 0.2) is 22.7 Å². The molecule has 1 heterocycles. The van der Waals surface area contributed by atoms with Crippen LogP contribution in [-0.4, -0.2) is 29.9 Å². The third-order valence-electron chi connectivity index (χ3n) is 3.27. The van der Waals surface area contributed by atoms with Crippen LogP contribution in [0.25, 0.3) is 0 Å². The van der Waals surface area contributed by atoms with Crippen molar-refractivity contribution in [2.45, 2.75) is 25.3 Å². The van der Waals surface area contributed by atoms with Crippen molar-refractivity contribution in [3.63, 3.8) is 0 Å². The van der Waals surface area contributed by atoms with Crippen LogP contribution in [0.5, 0.6) is 0 Å². The van der Waals surface area contributed by atoms with Crippen molar-refractivity contribution in [3.05, 3.63) is 34.1 Å². The molecule has 3 nitrogen and oxygen atoms in total. The molecule has 1 atom stereocenters. The van der Waals surface area contributed by atoms with Gasteiger partial charge < -0.3 is 10.6 Å². The predicted molar refractivity (Wildman–Crippen MR) is 71.8 cm³/mol. The SMILES string of the molecule is NCC1CCCCN1C(=O)c1cc(F)cc(Br)c1. The molecule has 1 aromatic carbocycles. The van der Waals surface area contributed by atoms with E-state index in [-0.39, 0.29) is 11.9 Å². The first-order chi connectivity index (χ1) is 8.61. The normalized spacial score (nSPS) is 19.9. The standard InChI is InChI=1S/C13H16BrFN2O/c14-10-5-9(6-11(15)7-10)13(18)17-4-2-1-3-12(17)8-16/h5-7,12H,1-4,8,16H2. The molecule has 0 aliphatic carbocycles. The Kier molecular flexibility index (Phi) is 4.35. The topological polar surface area (TPSA) is 46.3 Å². The number of likely N-dealkylation sites (tertiary alicyclic amines) is 1.